The van der Waals surface area contributed by atoms with Crippen molar-refractivity contribution in [2.75, 3.05) is 0 Å². The van der Waals surface area contributed by atoms with Gasteiger partial charge < -0.3 is 5.21 Å². The van der Waals surface area contributed by atoms with Crippen molar-refractivity contribution < 1.29 is 4.73 Å². The molecule has 1 atom stereocenters. The minimum atomic E-state index is 0.0778. The molecule has 2 aromatic heterocycles. The SMILES string of the molecule is [O-][n+]1ccc2ccncc2c1C1CCCc2ccc3c(ccc4ccccc43)c21. The van der Waals surface area contributed by atoms with Gasteiger partial charge in [0, 0.05) is 18.5 Å². The van der Waals surface area contributed by atoms with Gasteiger partial charge in [0.25, 0.3) is 0 Å². The molecule has 0 fully saturated rings. The number of hydrogen-bond donors (Lipinski definition) is 0. The number of aryl methyl sites for hydroxylation is 1. The van der Waals surface area contributed by atoms with E-state index in [2.05, 4.69) is 53.5 Å². The van der Waals surface area contributed by atoms with Crippen LogP contribution >= 0.6 is 0 Å². The van der Waals surface area contributed by atoms with Crippen molar-refractivity contribution >= 4 is 32.3 Å². The average Bonchev–Trinajstić information content (AvgIpc) is 2.78. The van der Waals surface area contributed by atoms with Gasteiger partial charge in [-0.1, -0.05) is 48.5 Å². The van der Waals surface area contributed by atoms with Crippen molar-refractivity contribution in [1.82, 2.24) is 4.98 Å². The lowest BCUT2D eigenvalue weighted by molar-refractivity contribution is -0.613. The molecule has 3 heteroatoms. The maximum absolute atomic E-state index is 13.0. The largest absolute Gasteiger partial charge is 0.618 e. The zero-order valence-corrected chi connectivity index (χ0v) is 16.0. The molecular formula is C26H20N2O. The van der Waals surface area contributed by atoms with E-state index in [1.807, 2.05) is 18.3 Å². The van der Waals surface area contributed by atoms with Gasteiger partial charge in [-0.25, -0.2) is 0 Å². The fourth-order valence-corrected chi connectivity index (χ4v) is 5.15. The van der Waals surface area contributed by atoms with Crippen molar-refractivity contribution in [3.8, 4) is 0 Å². The van der Waals surface area contributed by atoms with Crippen LogP contribution in [-0.2, 0) is 6.42 Å². The Hall–Kier alpha value is -3.46. The van der Waals surface area contributed by atoms with Crippen LogP contribution in [0.15, 0.2) is 79.3 Å². The third-order valence-electron chi connectivity index (χ3n) is 6.43. The Balaban J connectivity index is 1.70. The zero-order valence-electron chi connectivity index (χ0n) is 16.0. The van der Waals surface area contributed by atoms with Gasteiger partial charge in [-0.3, -0.25) is 4.98 Å². The number of benzene rings is 3. The Labute approximate surface area is 168 Å². The van der Waals surface area contributed by atoms with Gasteiger partial charge in [-0.05, 0) is 63.4 Å². The smallest absolute Gasteiger partial charge is 0.209 e. The van der Waals surface area contributed by atoms with Crippen LogP contribution < -0.4 is 4.73 Å². The summed E-state index contributed by atoms with van der Waals surface area (Å²) in [5.41, 5.74) is 3.52. The maximum atomic E-state index is 13.0. The molecule has 29 heavy (non-hydrogen) atoms. The summed E-state index contributed by atoms with van der Waals surface area (Å²) in [6, 6.07) is 21.4. The summed E-state index contributed by atoms with van der Waals surface area (Å²) in [6.07, 6.45) is 8.41. The fourth-order valence-electron chi connectivity index (χ4n) is 5.15. The first-order valence-corrected chi connectivity index (χ1v) is 10.2. The number of nitrogens with zero attached hydrogens (tertiary/aromatic N) is 2. The van der Waals surface area contributed by atoms with Crippen molar-refractivity contribution in [3.63, 3.8) is 0 Å². The highest BCUT2D eigenvalue weighted by Crippen LogP contribution is 2.42. The van der Waals surface area contributed by atoms with Crippen LogP contribution in [0.1, 0.15) is 35.6 Å². The highest BCUT2D eigenvalue weighted by molar-refractivity contribution is 6.09. The van der Waals surface area contributed by atoms with Gasteiger partial charge in [0.2, 0.25) is 5.69 Å². The summed E-state index contributed by atoms with van der Waals surface area (Å²) >= 11 is 0. The predicted octanol–water partition coefficient (Wildman–Crippen LogP) is 5.64. The quantitative estimate of drug-likeness (QED) is 0.216. The summed E-state index contributed by atoms with van der Waals surface area (Å²) in [4.78, 5) is 4.32. The average molecular weight is 376 g/mol. The van der Waals surface area contributed by atoms with E-state index in [1.165, 1.54) is 32.7 Å². The van der Waals surface area contributed by atoms with E-state index in [-0.39, 0.29) is 5.92 Å². The van der Waals surface area contributed by atoms with E-state index >= 15 is 0 Å². The van der Waals surface area contributed by atoms with Gasteiger partial charge in [0.15, 0.2) is 6.20 Å². The van der Waals surface area contributed by atoms with Gasteiger partial charge >= 0.3 is 0 Å². The zero-order chi connectivity index (χ0) is 19.4. The molecule has 0 N–H and O–H groups in total. The molecular weight excluding hydrogens is 356 g/mol. The van der Waals surface area contributed by atoms with Gasteiger partial charge in [-0.15, -0.1) is 0 Å². The Morgan fingerprint density at radius 3 is 2.66 bits per heavy atom. The molecule has 1 unspecified atom stereocenters. The molecule has 0 radical (unpaired) electrons. The Bertz CT molecular complexity index is 1410. The molecule has 0 saturated carbocycles. The first kappa shape index (κ1) is 16.5. The molecule has 3 aromatic carbocycles. The van der Waals surface area contributed by atoms with Gasteiger partial charge in [0.05, 0.1) is 11.3 Å². The van der Waals surface area contributed by atoms with Crippen LogP contribution in [0.2, 0.25) is 0 Å². The van der Waals surface area contributed by atoms with Crippen LogP contribution in [0.5, 0.6) is 0 Å². The van der Waals surface area contributed by atoms with E-state index in [9.17, 15) is 5.21 Å². The normalized spacial score (nSPS) is 16.3. The summed E-state index contributed by atoms with van der Waals surface area (Å²) in [6.45, 7) is 0. The van der Waals surface area contributed by atoms with Gasteiger partial charge in [-0.2, -0.15) is 4.73 Å². The van der Waals surface area contributed by atoms with Crippen LogP contribution in [0.4, 0.5) is 0 Å². The van der Waals surface area contributed by atoms with E-state index < -0.39 is 0 Å². The number of hydrogen-bond acceptors (Lipinski definition) is 2. The highest BCUT2D eigenvalue weighted by atomic mass is 16.5. The van der Waals surface area contributed by atoms with Crippen molar-refractivity contribution in [2.24, 2.45) is 0 Å². The molecule has 140 valence electrons. The Morgan fingerprint density at radius 1 is 0.828 bits per heavy atom. The van der Waals surface area contributed by atoms with E-state index in [4.69, 9.17) is 0 Å². The minimum Gasteiger partial charge on any atom is -0.618 e. The van der Waals surface area contributed by atoms with Gasteiger partial charge in [0.1, 0.15) is 0 Å². The summed E-state index contributed by atoms with van der Waals surface area (Å²) < 4.78 is 1.06. The van der Waals surface area contributed by atoms with Crippen LogP contribution in [0.3, 0.4) is 0 Å². The minimum absolute atomic E-state index is 0.0778. The predicted molar refractivity (Wildman–Crippen MR) is 117 cm³/mol. The molecule has 6 rings (SSSR count). The lowest BCUT2D eigenvalue weighted by Crippen LogP contribution is -2.34. The number of fused-ring (bicyclic) bond motifs is 6. The van der Waals surface area contributed by atoms with Crippen LogP contribution in [0.25, 0.3) is 32.3 Å². The molecule has 0 amide bonds. The van der Waals surface area contributed by atoms with E-state index in [1.54, 1.807) is 12.4 Å². The van der Waals surface area contributed by atoms with Crippen molar-refractivity contribution in [3.05, 3.63) is 101 Å². The maximum Gasteiger partial charge on any atom is 0.209 e. The summed E-state index contributed by atoms with van der Waals surface area (Å²) in [7, 11) is 0. The van der Waals surface area contributed by atoms with Crippen molar-refractivity contribution in [2.45, 2.75) is 25.2 Å². The lowest BCUT2D eigenvalue weighted by atomic mass is 9.77. The van der Waals surface area contributed by atoms with Crippen LogP contribution in [-0.4, -0.2) is 4.98 Å². The van der Waals surface area contributed by atoms with E-state index in [0.29, 0.717) is 0 Å². The lowest BCUT2D eigenvalue weighted by Gasteiger charge is -2.27. The molecule has 1 aliphatic rings. The Kier molecular flexibility index (Phi) is 3.57. The first-order chi connectivity index (χ1) is 14.3. The molecule has 0 saturated heterocycles. The Morgan fingerprint density at radius 2 is 1.69 bits per heavy atom. The summed E-state index contributed by atoms with van der Waals surface area (Å²) in [5.74, 6) is 0.0778. The topological polar surface area (TPSA) is 39.8 Å². The molecule has 5 aromatic rings. The van der Waals surface area contributed by atoms with Crippen molar-refractivity contribution in [1.29, 1.82) is 0 Å². The molecule has 0 spiro atoms. The first-order valence-electron chi connectivity index (χ1n) is 10.2. The second-order valence-corrected chi connectivity index (χ2v) is 7.95. The molecule has 3 nitrogen and oxygen atoms in total. The molecule has 1 aliphatic carbocycles. The molecule has 2 heterocycles. The number of rotatable bonds is 1. The third-order valence-corrected chi connectivity index (χ3v) is 6.43. The standard InChI is InChI=1S/C26H20N2O/c29-28-15-13-18-12-14-27-16-24(18)26(28)23-7-3-5-19-9-10-21-20-6-2-1-4-17(20)8-11-22(21)25(19)23/h1-2,4,6,8-16,23H,3,5,7H2. The third kappa shape index (κ3) is 2.44. The fraction of sp³-hybridized carbons (Fsp3) is 0.154. The number of aromatic nitrogens is 2. The highest BCUT2D eigenvalue weighted by Gasteiger charge is 2.31. The van der Waals surface area contributed by atoms with Crippen LogP contribution in [0, 0.1) is 5.21 Å². The monoisotopic (exact) mass is 376 g/mol. The number of pyridine rings is 2. The van der Waals surface area contributed by atoms with E-state index in [0.717, 1.165) is 40.5 Å². The second-order valence-electron chi connectivity index (χ2n) is 7.95. The molecule has 0 aliphatic heterocycles. The molecule has 0 bridgehead atoms. The summed E-state index contributed by atoms with van der Waals surface area (Å²) in [5, 5.41) is 20.1. The second kappa shape index (κ2) is 6.28.